The van der Waals surface area contributed by atoms with E-state index in [1.807, 2.05) is 6.07 Å². The fourth-order valence-electron chi connectivity index (χ4n) is 7.04. The van der Waals surface area contributed by atoms with Crippen LogP contribution in [0, 0.1) is 17.8 Å². The largest absolute Gasteiger partial charge is 0.486 e. The molecule has 0 radical (unpaired) electrons. The maximum atomic E-state index is 12.4. The first kappa shape index (κ1) is 47.2. The molecule has 2 aliphatic rings. The van der Waals surface area contributed by atoms with Gasteiger partial charge in [-0.05, 0) is 117 Å². The highest BCUT2D eigenvalue weighted by atomic mass is 16.5. The summed E-state index contributed by atoms with van der Waals surface area (Å²) in [6.07, 6.45) is 2.76. The van der Waals surface area contributed by atoms with Gasteiger partial charge in [-0.15, -0.1) is 0 Å². The van der Waals surface area contributed by atoms with E-state index in [1.54, 1.807) is 48.5 Å². The lowest BCUT2D eigenvalue weighted by Crippen LogP contribution is -2.45. The summed E-state index contributed by atoms with van der Waals surface area (Å²) in [5.74, 6) is 1.72. The van der Waals surface area contributed by atoms with Crippen LogP contribution in [0.1, 0.15) is 86.2 Å². The highest BCUT2D eigenvalue weighted by molar-refractivity contribution is 5.94. The molecule has 0 bridgehead atoms. The molecule has 2 aliphatic heterocycles. The molecule has 0 spiro atoms. The van der Waals surface area contributed by atoms with Gasteiger partial charge in [-0.3, -0.25) is 24.2 Å². The normalized spacial score (nSPS) is 19.1. The van der Waals surface area contributed by atoms with Crippen LogP contribution in [-0.4, -0.2) is 83.7 Å². The molecule has 3 N–H and O–H groups in total. The first-order chi connectivity index (χ1) is 27.4. The van der Waals surface area contributed by atoms with Crippen molar-refractivity contribution in [1.82, 2.24) is 9.80 Å². The summed E-state index contributed by atoms with van der Waals surface area (Å²) in [5, 5.41) is 8.34. The van der Waals surface area contributed by atoms with Gasteiger partial charge in [-0.1, -0.05) is 81.9 Å². The number of likely N-dealkylation sites (tertiary alicyclic amines) is 2. The van der Waals surface area contributed by atoms with Gasteiger partial charge in [-0.2, -0.15) is 0 Å². The number of ketones is 3. The third-order valence-electron chi connectivity index (χ3n) is 10.5. The quantitative estimate of drug-likeness (QED) is 0.120. The molecule has 0 aromatic heterocycles. The number of piperidine rings is 2. The number of carbonyl (C=O) groups is 4. The lowest BCUT2D eigenvalue weighted by atomic mass is 9.83. The van der Waals surface area contributed by atoms with E-state index in [0.717, 1.165) is 52.1 Å². The summed E-state index contributed by atoms with van der Waals surface area (Å²) in [7, 11) is 0. The Kier molecular flexibility index (Phi) is 20.0. The standard InChI is InChI=1S/C24H29NO3.C13H20N2.C10H10O4.CH4/c1-18-15-25(16-20-6-4-3-5-7-20)13-12-22(18)14-23(27)17-28-24-10-8-21(9-11-24)19(2)26;1-11-9-15(8-7-13(11)14)10-12-5-3-2-4-6-12;1-7(11)8-2-4-9(5-3-8)14-6-10(12)13;/h3-11,18,22H,12-17H2,1-2H3;2-6,11,13H,7-10,14H2,1H3;2-5H,6H2,1H3,(H,12,13);1H4. The average Bonchev–Trinajstić information content (AvgIpc) is 3.20. The fraction of sp³-hybridized carbons (Fsp3) is 0.417. The number of rotatable bonds is 14. The lowest BCUT2D eigenvalue weighted by molar-refractivity contribution is -0.139. The van der Waals surface area contributed by atoms with Crippen molar-refractivity contribution < 1.29 is 33.8 Å². The van der Waals surface area contributed by atoms with Gasteiger partial charge >= 0.3 is 5.97 Å². The Hall–Kier alpha value is -5.16. The first-order valence-electron chi connectivity index (χ1n) is 19.9. The maximum Gasteiger partial charge on any atom is 0.341 e. The Balaban J connectivity index is 0.000000254. The van der Waals surface area contributed by atoms with Gasteiger partial charge in [0, 0.05) is 49.8 Å². The Morgan fingerprint density at radius 1 is 0.638 bits per heavy atom. The van der Waals surface area contributed by atoms with E-state index in [9.17, 15) is 19.2 Å². The molecule has 58 heavy (non-hydrogen) atoms. The summed E-state index contributed by atoms with van der Waals surface area (Å²) < 4.78 is 10.5. The second kappa shape index (κ2) is 24.6. The number of nitrogens with zero attached hydrogens (tertiary/aromatic N) is 2. The second-order valence-corrected chi connectivity index (χ2v) is 15.3. The van der Waals surface area contributed by atoms with Crippen LogP contribution in [-0.2, 0) is 22.7 Å². The van der Waals surface area contributed by atoms with E-state index in [4.69, 9.17) is 20.3 Å². The number of aliphatic carboxylic acids is 1. The molecule has 312 valence electrons. The van der Waals surface area contributed by atoms with Crippen LogP contribution in [0.25, 0.3) is 0 Å². The number of ether oxygens (including phenoxy) is 2. The number of carbonyl (C=O) groups excluding carboxylic acids is 3. The zero-order chi connectivity index (χ0) is 41.2. The van der Waals surface area contributed by atoms with Gasteiger partial charge in [-0.25, -0.2) is 4.79 Å². The van der Waals surface area contributed by atoms with E-state index in [2.05, 4.69) is 78.2 Å². The van der Waals surface area contributed by atoms with Crippen LogP contribution < -0.4 is 15.2 Å². The molecule has 2 fully saturated rings. The molecule has 2 saturated heterocycles. The Morgan fingerprint density at radius 3 is 1.48 bits per heavy atom. The number of benzene rings is 4. The van der Waals surface area contributed by atoms with Crippen LogP contribution in [0.4, 0.5) is 0 Å². The molecule has 0 amide bonds. The minimum absolute atomic E-state index is 0. The molecule has 2 heterocycles. The molecule has 4 aromatic carbocycles. The predicted octanol–water partition coefficient (Wildman–Crippen LogP) is 8.23. The fourth-order valence-corrected chi connectivity index (χ4v) is 7.04. The minimum Gasteiger partial charge on any atom is -0.486 e. The number of hydrogen-bond acceptors (Lipinski definition) is 9. The van der Waals surface area contributed by atoms with Crippen molar-refractivity contribution in [2.75, 3.05) is 39.4 Å². The summed E-state index contributed by atoms with van der Waals surface area (Å²) in [5.41, 5.74) is 9.98. The van der Waals surface area contributed by atoms with Gasteiger partial charge < -0.3 is 20.3 Å². The first-order valence-corrected chi connectivity index (χ1v) is 19.9. The number of carboxylic acid groups (broad SMARTS) is 1. The maximum absolute atomic E-state index is 12.4. The monoisotopic (exact) mass is 793 g/mol. The van der Waals surface area contributed by atoms with E-state index >= 15 is 0 Å². The third kappa shape index (κ3) is 16.7. The Morgan fingerprint density at radius 2 is 1.07 bits per heavy atom. The molecule has 0 saturated carbocycles. The Labute approximate surface area is 345 Å². The highest BCUT2D eigenvalue weighted by Crippen LogP contribution is 2.28. The van der Waals surface area contributed by atoms with Crippen LogP contribution in [0.5, 0.6) is 11.5 Å². The highest BCUT2D eigenvalue weighted by Gasteiger charge is 2.28. The van der Waals surface area contributed by atoms with Gasteiger partial charge in [0.05, 0.1) is 0 Å². The number of nitrogens with two attached hydrogens (primary N) is 1. The zero-order valence-electron chi connectivity index (χ0n) is 33.8. The van der Waals surface area contributed by atoms with Crippen LogP contribution >= 0.6 is 0 Å². The number of Topliss-reactive ketones (excluding diaryl/α,β-unsaturated/α-hetero) is 3. The van der Waals surface area contributed by atoms with Gasteiger partial charge in [0.25, 0.3) is 0 Å². The van der Waals surface area contributed by atoms with Crippen molar-refractivity contribution in [2.24, 2.45) is 23.5 Å². The molecular formula is C48H63N3O7. The second-order valence-electron chi connectivity index (χ2n) is 15.3. The smallest absolute Gasteiger partial charge is 0.341 e. The summed E-state index contributed by atoms with van der Waals surface area (Å²) in [6, 6.07) is 34.9. The van der Waals surface area contributed by atoms with Crippen LogP contribution in [0.15, 0.2) is 109 Å². The molecule has 6 rings (SSSR count). The lowest BCUT2D eigenvalue weighted by Gasteiger charge is -2.36. The van der Waals surface area contributed by atoms with Crippen molar-refractivity contribution in [3.8, 4) is 11.5 Å². The van der Waals surface area contributed by atoms with Crippen molar-refractivity contribution in [3.05, 3.63) is 131 Å². The Bertz CT molecular complexity index is 1840. The summed E-state index contributed by atoms with van der Waals surface area (Å²) in [6.45, 7) is 13.6. The van der Waals surface area contributed by atoms with E-state index < -0.39 is 5.97 Å². The minimum atomic E-state index is -1.03. The van der Waals surface area contributed by atoms with Crippen LogP contribution in [0.3, 0.4) is 0 Å². The predicted molar refractivity (Wildman–Crippen MR) is 230 cm³/mol. The van der Waals surface area contributed by atoms with Crippen molar-refractivity contribution in [3.63, 3.8) is 0 Å². The van der Waals surface area contributed by atoms with Crippen molar-refractivity contribution in [2.45, 2.75) is 73.5 Å². The summed E-state index contributed by atoms with van der Waals surface area (Å²) in [4.78, 5) is 49.7. The van der Waals surface area contributed by atoms with E-state index in [1.165, 1.54) is 25.0 Å². The van der Waals surface area contributed by atoms with Gasteiger partial charge in [0.1, 0.15) is 18.1 Å². The number of hydrogen-bond donors (Lipinski definition) is 2. The average molecular weight is 794 g/mol. The molecule has 10 nitrogen and oxygen atoms in total. The molecule has 4 unspecified atom stereocenters. The zero-order valence-corrected chi connectivity index (χ0v) is 33.8. The number of carboxylic acids is 1. The van der Waals surface area contributed by atoms with E-state index in [0.29, 0.717) is 52.8 Å². The summed E-state index contributed by atoms with van der Waals surface area (Å²) >= 11 is 0. The SMILES string of the molecule is C.CC(=O)c1ccc(OCC(=O)CC2CCN(Cc3ccccc3)CC2C)cc1.CC(=O)c1ccc(OCC(=O)O)cc1.CC1CN(Cc2ccccc2)CCC1N. The molecule has 4 aromatic rings. The third-order valence-corrected chi connectivity index (χ3v) is 10.5. The molecule has 4 atom stereocenters. The van der Waals surface area contributed by atoms with Crippen LogP contribution in [0.2, 0.25) is 0 Å². The topological polar surface area (TPSA) is 139 Å². The van der Waals surface area contributed by atoms with Crippen molar-refractivity contribution >= 4 is 23.3 Å². The van der Waals surface area contributed by atoms with Gasteiger partial charge in [0.2, 0.25) is 0 Å². The van der Waals surface area contributed by atoms with E-state index in [-0.39, 0.29) is 38.0 Å². The molecular weight excluding hydrogens is 731 g/mol. The molecule has 0 aliphatic carbocycles. The van der Waals surface area contributed by atoms with Gasteiger partial charge in [0.15, 0.2) is 24.0 Å². The van der Waals surface area contributed by atoms with Crippen molar-refractivity contribution in [1.29, 1.82) is 0 Å². The molecule has 10 heteroatoms.